The fraction of sp³-hybridized carbons (Fsp3) is 0.300. The molecule has 1 atom stereocenters. The Morgan fingerprint density at radius 1 is 1.12 bits per heavy atom. The summed E-state index contributed by atoms with van der Waals surface area (Å²) in [6.45, 7) is 1.36. The third-order valence-electron chi connectivity index (χ3n) is 4.76. The highest BCUT2D eigenvalue weighted by atomic mass is 16.6. The average Bonchev–Trinajstić information content (AvgIpc) is 3.02. The Morgan fingerprint density at radius 3 is 2.73 bits per heavy atom. The van der Waals surface area contributed by atoms with Crippen molar-refractivity contribution in [3.05, 3.63) is 60.2 Å². The maximum absolute atomic E-state index is 12.7. The Morgan fingerprint density at radius 2 is 1.88 bits per heavy atom. The van der Waals surface area contributed by atoms with Crippen LogP contribution in [0.25, 0.3) is 0 Å². The van der Waals surface area contributed by atoms with Crippen LogP contribution in [0.5, 0.6) is 5.75 Å². The Hall–Kier alpha value is -3.02. The Kier molecular flexibility index (Phi) is 4.48. The molecule has 0 bridgehead atoms. The number of rotatable bonds is 3. The molecule has 0 spiro atoms. The maximum Gasteiger partial charge on any atom is 0.414 e. The normalized spacial score (nSPS) is 19.1. The van der Waals surface area contributed by atoms with Crippen molar-refractivity contribution in [2.24, 2.45) is 0 Å². The topological polar surface area (TPSA) is 59.1 Å². The van der Waals surface area contributed by atoms with Gasteiger partial charge >= 0.3 is 6.09 Å². The number of amides is 2. The van der Waals surface area contributed by atoms with Crippen molar-refractivity contribution < 1.29 is 19.1 Å². The summed E-state index contributed by atoms with van der Waals surface area (Å²) in [5, 5.41) is 0. The van der Waals surface area contributed by atoms with E-state index in [0.717, 1.165) is 11.3 Å². The molecule has 4 rings (SSSR count). The van der Waals surface area contributed by atoms with E-state index < -0.39 is 0 Å². The van der Waals surface area contributed by atoms with Gasteiger partial charge in [0, 0.05) is 13.1 Å². The fourth-order valence-electron chi connectivity index (χ4n) is 3.40. The SMILES string of the molecule is O=C(COc1ccccc1)N1CC[C@H]2COC(=O)N2c2ccccc2C1. The summed E-state index contributed by atoms with van der Waals surface area (Å²) < 4.78 is 10.8. The van der Waals surface area contributed by atoms with Gasteiger partial charge in [-0.2, -0.15) is 0 Å². The van der Waals surface area contributed by atoms with Gasteiger partial charge in [-0.25, -0.2) is 4.79 Å². The van der Waals surface area contributed by atoms with Crippen LogP contribution in [-0.4, -0.2) is 42.7 Å². The molecule has 26 heavy (non-hydrogen) atoms. The predicted molar refractivity (Wildman–Crippen MR) is 96.0 cm³/mol. The molecule has 0 N–H and O–H groups in total. The molecule has 2 heterocycles. The minimum absolute atomic E-state index is 0.00398. The number of para-hydroxylation sites is 2. The second-order valence-electron chi connectivity index (χ2n) is 6.44. The van der Waals surface area contributed by atoms with Gasteiger partial charge in [0.1, 0.15) is 12.4 Å². The van der Waals surface area contributed by atoms with Crippen LogP contribution in [0.4, 0.5) is 10.5 Å². The molecular weight excluding hydrogens is 332 g/mol. The highest BCUT2D eigenvalue weighted by Gasteiger charge is 2.37. The van der Waals surface area contributed by atoms with Gasteiger partial charge in [-0.15, -0.1) is 0 Å². The number of cyclic esters (lactones) is 1. The lowest BCUT2D eigenvalue weighted by Gasteiger charge is -2.32. The molecule has 0 unspecified atom stereocenters. The van der Waals surface area contributed by atoms with Crippen LogP contribution in [0.15, 0.2) is 54.6 Å². The molecular formula is C20H20N2O4. The van der Waals surface area contributed by atoms with Gasteiger partial charge in [-0.3, -0.25) is 9.69 Å². The fourth-order valence-corrected chi connectivity index (χ4v) is 3.40. The van der Waals surface area contributed by atoms with Crippen LogP contribution >= 0.6 is 0 Å². The van der Waals surface area contributed by atoms with Crippen LogP contribution in [0.1, 0.15) is 12.0 Å². The third kappa shape index (κ3) is 3.22. The number of benzene rings is 2. The summed E-state index contributed by atoms with van der Waals surface area (Å²) in [6.07, 6.45) is 0.367. The minimum atomic E-state index is -0.311. The van der Waals surface area contributed by atoms with Crippen molar-refractivity contribution in [3.63, 3.8) is 0 Å². The molecule has 1 fully saturated rings. The van der Waals surface area contributed by atoms with E-state index in [1.807, 2.05) is 54.6 Å². The van der Waals surface area contributed by atoms with Crippen LogP contribution in [0, 0.1) is 0 Å². The minimum Gasteiger partial charge on any atom is -0.484 e. The van der Waals surface area contributed by atoms with E-state index in [2.05, 4.69) is 0 Å². The number of ether oxygens (including phenoxy) is 2. The first kappa shape index (κ1) is 16.4. The largest absolute Gasteiger partial charge is 0.484 e. The van der Waals surface area contributed by atoms with Crippen molar-refractivity contribution in [3.8, 4) is 5.75 Å². The molecule has 6 heteroatoms. The lowest BCUT2D eigenvalue weighted by molar-refractivity contribution is -0.134. The summed E-state index contributed by atoms with van der Waals surface area (Å²) in [5.74, 6) is 0.608. The zero-order valence-electron chi connectivity index (χ0n) is 14.3. The molecule has 2 aromatic carbocycles. The molecule has 134 valence electrons. The second kappa shape index (κ2) is 7.07. The summed E-state index contributed by atoms with van der Waals surface area (Å²) in [4.78, 5) is 28.3. The zero-order valence-corrected chi connectivity index (χ0v) is 14.3. The summed E-state index contributed by atoms with van der Waals surface area (Å²) in [7, 11) is 0. The zero-order chi connectivity index (χ0) is 17.9. The van der Waals surface area contributed by atoms with E-state index in [1.165, 1.54) is 0 Å². The van der Waals surface area contributed by atoms with Crippen molar-refractivity contribution in [2.75, 3.05) is 24.7 Å². The van der Waals surface area contributed by atoms with Crippen LogP contribution in [0.2, 0.25) is 0 Å². The van der Waals surface area contributed by atoms with Gasteiger partial charge in [-0.05, 0) is 30.2 Å². The maximum atomic E-state index is 12.7. The number of fused-ring (bicyclic) bond motifs is 3. The second-order valence-corrected chi connectivity index (χ2v) is 6.44. The van der Waals surface area contributed by atoms with Gasteiger partial charge in [0.15, 0.2) is 6.61 Å². The lowest BCUT2D eigenvalue weighted by atomic mass is 10.1. The average molecular weight is 352 g/mol. The van der Waals surface area contributed by atoms with Crippen LogP contribution < -0.4 is 9.64 Å². The first-order chi connectivity index (χ1) is 12.7. The van der Waals surface area contributed by atoms with E-state index in [1.54, 1.807) is 9.80 Å². The number of anilines is 1. The van der Waals surface area contributed by atoms with E-state index >= 15 is 0 Å². The summed E-state index contributed by atoms with van der Waals surface area (Å²) in [5.41, 5.74) is 1.76. The molecule has 6 nitrogen and oxygen atoms in total. The van der Waals surface area contributed by atoms with Crippen molar-refractivity contribution in [1.29, 1.82) is 0 Å². The van der Waals surface area contributed by atoms with Crippen molar-refractivity contribution in [1.82, 2.24) is 4.90 Å². The Bertz CT molecular complexity index is 808. The molecule has 2 aliphatic heterocycles. The van der Waals surface area contributed by atoms with Gasteiger partial charge in [0.25, 0.3) is 5.91 Å². The van der Waals surface area contributed by atoms with Crippen molar-refractivity contribution in [2.45, 2.75) is 19.0 Å². The van der Waals surface area contributed by atoms with Gasteiger partial charge in [0.05, 0.1) is 11.7 Å². The first-order valence-electron chi connectivity index (χ1n) is 8.72. The van der Waals surface area contributed by atoms with E-state index in [4.69, 9.17) is 9.47 Å². The molecule has 2 amide bonds. The molecule has 2 aromatic rings. The van der Waals surface area contributed by atoms with Gasteiger partial charge in [0.2, 0.25) is 0 Å². The molecule has 0 aliphatic carbocycles. The van der Waals surface area contributed by atoms with Gasteiger partial charge in [-0.1, -0.05) is 36.4 Å². The molecule has 0 saturated carbocycles. The summed E-state index contributed by atoms with van der Waals surface area (Å²) >= 11 is 0. The van der Waals surface area contributed by atoms with E-state index in [-0.39, 0.29) is 24.6 Å². The molecule has 0 radical (unpaired) electrons. The van der Waals surface area contributed by atoms with E-state index in [0.29, 0.717) is 31.9 Å². The highest BCUT2D eigenvalue weighted by Crippen LogP contribution is 2.31. The smallest absolute Gasteiger partial charge is 0.414 e. The van der Waals surface area contributed by atoms with Gasteiger partial charge < -0.3 is 14.4 Å². The lowest BCUT2D eigenvalue weighted by Crippen LogP contribution is -2.43. The molecule has 1 saturated heterocycles. The van der Waals surface area contributed by atoms with Crippen LogP contribution in [-0.2, 0) is 16.1 Å². The standard InChI is InChI=1S/C20H20N2O4/c23-19(14-25-17-7-2-1-3-8-17)21-11-10-16-13-26-20(24)22(16)18-9-5-4-6-15(18)12-21/h1-9,16H,10-14H2/t16-/m0/s1. The first-order valence-corrected chi connectivity index (χ1v) is 8.72. The number of nitrogens with zero attached hydrogens (tertiary/aromatic N) is 2. The molecule has 2 aliphatic rings. The van der Waals surface area contributed by atoms with Crippen molar-refractivity contribution >= 4 is 17.7 Å². The quantitative estimate of drug-likeness (QED) is 0.852. The van der Waals surface area contributed by atoms with Crippen LogP contribution in [0.3, 0.4) is 0 Å². The van der Waals surface area contributed by atoms with E-state index in [9.17, 15) is 9.59 Å². The molecule has 0 aromatic heterocycles. The predicted octanol–water partition coefficient (Wildman–Crippen LogP) is 2.82. The number of hydrogen-bond donors (Lipinski definition) is 0. The number of carbonyl (C=O) groups excluding carboxylic acids is 2. The monoisotopic (exact) mass is 352 g/mol. The number of carbonyl (C=O) groups is 2. The Balaban J connectivity index is 1.52. The third-order valence-corrected chi connectivity index (χ3v) is 4.76. The number of hydrogen-bond acceptors (Lipinski definition) is 4. The Labute approximate surface area is 151 Å². The summed E-state index contributed by atoms with van der Waals surface area (Å²) in [6, 6.07) is 16.9. The highest BCUT2D eigenvalue weighted by molar-refractivity contribution is 5.91.